The average molecular weight is 400 g/mol. The summed E-state index contributed by atoms with van der Waals surface area (Å²) in [4.78, 5) is 25.7. The van der Waals surface area contributed by atoms with Crippen LogP contribution in [0.3, 0.4) is 0 Å². The van der Waals surface area contributed by atoms with Crippen LogP contribution in [0.4, 0.5) is 0 Å². The summed E-state index contributed by atoms with van der Waals surface area (Å²) in [6, 6.07) is 15.9. The lowest BCUT2D eigenvalue weighted by molar-refractivity contribution is 0.0880. The maximum Gasteiger partial charge on any atom is 0.259 e. The fourth-order valence-corrected chi connectivity index (χ4v) is 4.81. The van der Waals surface area contributed by atoms with Crippen molar-refractivity contribution in [2.75, 3.05) is 12.5 Å². The van der Waals surface area contributed by atoms with Crippen molar-refractivity contribution in [3.8, 4) is 0 Å². The third-order valence-corrected chi connectivity index (χ3v) is 5.86. The number of benzene rings is 3. The summed E-state index contributed by atoms with van der Waals surface area (Å²) in [5.74, 6) is -0.664. The van der Waals surface area contributed by atoms with E-state index >= 15 is 0 Å². The number of fused-ring (bicyclic) bond motifs is 10. The van der Waals surface area contributed by atoms with Gasteiger partial charge in [-0.2, -0.15) is 0 Å². The number of aryl methyl sites for hydroxylation is 1. The van der Waals surface area contributed by atoms with Crippen LogP contribution in [0.2, 0.25) is 0 Å². The van der Waals surface area contributed by atoms with Crippen molar-refractivity contribution in [3.63, 3.8) is 0 Å². The van der Waals surface area contributed by atoms with Gasteiger partial charge in [-0.3, -0.25) is 19.6 Å². The van der Waals surface area contributed by atoms with Crippen LogP contribution >= 0.6 is 0 Å². The Labute approximate surface area is 174 Å². The molecule has 5 aromatic rings. The highest BCUT2D eigenvalue weighted by Crippen LogP contribution is 2.43. The first-order valence-corrected chi connectivity index (χ1v) is 10.1. The standard InChI is InChI=1S/C22H16N4O2.C2H6.H2/c1-23-26-14-10-6-4-8-12(14)16-18-17(21(27)24-22(18)28)15-11-7-3-5-9-13(11)25(2)19(15)20(16)26;1-2;/h3-10,23H,1-2H3,(H,24,27,28);1-2H3;1H. The summed E-state index contributed by atoms with van der Waals surface area (Å²) >= 11 is 0. The third kappa shape index (κ3) is 2.03. The van der Waals surface area contributed by atoms with Crippen LogP contribution in [0.5, 0.6) is 0 Å². The molecule has 1 aliphatic heterocycles. The first kappa shape index (κ1) is 18.2. The van der Waals surface area contributed by atoms with Crippen molar-refractivity contribution < 1.29 is 11.0 Å². The van der Waals surface area contributed by atoms with Crippen LogP contribution < -0.4 is 10.7 Å². The summed E-state index contributed by atoms with van der Waals surface area (Å²) in [6.45, 7) is 4.00. The Kier molecular flexibility index (Phi) is 3.86. The molecule has 6 heteroatoms. The number of aromatic nitrogens is 2. The SMILES string of the molecule is CC.CNn1c2ccccc2c2c3c(c4c5ccccc5n(C)c4c21)C(=O)NC3=O.[HH]. The topological polar surface area (TPSA) is 68.1 Å². The smallest absolute Gasteiger partial charge is 0.259 e. The van der Waals surface area contributed by atoms with Gasteiger partial charge in [-0.05, 0) is 12.1 Å². The molecule has 6 rings (SSSR count). The molecule has 0 radical (unpaired) electrons. The fourth-order valence-electron chi connectivity index (χ4n) is 4.81. The van der Waals surface area contributed by atoms with E-state index in [2.05, 4.69) is 15.3 Å². The second-order valence-electron chi connectivity index (χ2n) is 7.13. The summed E-state index contributed by atoms with van der Waals surface area (Å²) in [7, 11) is 3.86. The van der Waals surface area contributed by atoms with Gasteiger partial charge in [0.05, 0.1) is 27.7 Å². The van der Waals surface area contributed by atoms with Gasteiger partial charge in [0.25, 0.3) is 11.8 Å². The average Bonchev–Trinajstić information content (AvgIpc) is 3.37. The molecule has 2 aromatic heterocycles. The predicted octanol–water partition coefficient (Wildman–Crippen LogP) is 4.77. The number of nitrogens with one attached hydrogen (secondary N) is 2. The third-order valence-electron chi connectivity index (χ3n) is 5.86. The van der Waals surface area contributed by atoms with Gasteiger partial charge >= 0.3 is 0 Å². The maximum absolute atomic E-state index is 12.8. The highest BCUT2D eigenvalue weighted by molar-refractivity contribution is 6.39. The Bertz CT molecular complexity index is 1530. The van der Waals surface area contributed by atoms with Crippen LogP contribution in [0.15, 0.2) is 48.5 Å². The molecule has 152 valence electrons. The van der Waals surface area contributed by atoms with Crippen LogP contribution in [-0.4, -0.2) is 28.1 Å². The second-order valence-corrected chi connectivity index (χ2v) is 7.13. The first-order valence-electron chi connectivity index (χ1n) is 10.1. The summed E-state index contributed by atoms with van der Waals surface area (Å²) in [6.07, 6.45) is 0. The number of imide groups is 1. The Morgan fingerprint density at radius 1 is 0.800 bits per heavy atom. The van der Waals surface area contributed by atoms with E-state index in [-0.39, 0.29) is 13.2 Å². The van der Waals surface area contributed by atoms with Gasteiger partial charge in [-0.25, -0.2) is 0 Å². The van der Waals surface area contributed by atoms with Gasteiger partial charge < -0.3 is 9.99 Å². The van der Waals surface area contributed by atoms with Gasteiger partial charge in [0, 0.05) is 42.6 Å². The van der Waals surface area contributed by atoms with E-state index in [4.69, 9.17) is 0 Å². The molecule has 3 heterocycles. The van der Waals surface area contributed by atoms with Gasteiger partial charge in [-0.15, -0.1) is 0 Å². The summed E-state index contributed by atoms with van der Waals surface area (Å²) in [5.41, 5.74) is 8.03. The predicted molar refractivity (Wildman–Crippen MR) is 124 cm³/mol. The molecule has 0 aliphatic carbocycles. The van der Waals surface area contributed by atoms with Crippen LogP contribution in [0, 0.1) is 0 Å². The van der Waals surface area contributed by atoms with Crippen LogP contribution in [-0.2, 0) is 7.05 Å². The molecule has 0 spiro atoms. The van der Waals surface area contributed by atoms with Crippen molar-refractivity contribution in [3.05, 3.63) is 59.7 Å². The molecule has 1 aliphatic rings. The molecule has 6 nitrogen and oxygen atoms in total. The molecule has 2 amide bonds. The highest BCUT2D eigenvalue weighted by Gasteiger charge is 2.36. The molecule has 0 bridgehead atoms. The zero-order valence-corrected chi connectivity index (χ0v) is 17.3. The minimum atomic E-state index is -0.334. The first-order chi connectivity index (χ1) is 14.6. The molecule has 30 heavy (non-hydrogen) atoms. The number of amides is 2. The number of carbonyl (C=O) groups excluding carboxylic acids is 2. The van der Waals surface area contributed by atoms with Gasteiger partial charge in [0.2, 0.25) is 0 Å². The molecule has 0 saturated heterocycles. The van der Waals surface area contributed by atoms with E-state index in [0.29, 0.717) is 11.1 Å². The number of hydrogen-bond donors (Lipinski definition) is 2. The van der Waals surface area contributed by atoms with E-state index in [1.807, 2.05) is 81.1 Å². The second kappa shape index (κ2) is 6.35. The van der Waals surface area contributed by atoms with E-state index in [9.17, 15) is 9.59 Å². The molecular weight excluding hydrogens is 376 g/mol. The zero-order chi connectivity index (χ0) is 21.2. The fraction of sp³-hybridized carbons (Fsp3) is 0.167. The van der Waals surface area contributed by atoms with Gasteiger partial charge in [-0.1, -0.05) is 50.2 Å². The number of nitrogens with zero attached hydrogens (tertiary/aromatic N) is 2. The van der Waals surface area contributed by atoms with Crippen molar-refractivity contribution in [1.29, 1.82) is 0 Å². The monoisotopic (exact) mass is 400 g/mol. The number of carbonyl (C=O) groups is 2. The zero-order valence-electron chi connectivity index (χ0n) is 17.3. The van der Waals surface area contributed by atoms with Crippen LogP contribution in [0.1, 0.15) is 36.0 Å². The van der Waals surface area contributed by atoms with E-state index in [0.717, 1.165) is 43.6 Å². The van der Waals surface area contributed by atoms with Gasteiger partial charge in [0.15, 0.2) is 0 Å². The Hall–Kier alpha value is -3.80. The van der Waals surface area contributed by atoms with Crippen LogP contribution in [0.25, 0.3) is 43.6 Å². The van der Waals surface area contributed by atoms with Crippen molar-refractivity contribution in [2.24, 2.45) is 7.05 Å². The molecule has 0 saturated carbocycles. The minimum absolute atomic E-state index is 0. The molecule has 0 fully saturated rings. The Balaban J connectivity index is 0.000000750. The lowest BCUT2D eigenvalue weighted by Gasteiger charge is -2.10. The van der Waals surface area contributed by atoms with E-state index < -0.39 is 0 Å². The largest absolute Gasteiger partial charge is 0.342 e. The van der Waals surface area contributed by atoms with Crippen molar-refractivity contribution in [1.82, 2.24) is 14.6 Å². The normalized spacial score (nSPS) is 13.1. The van der Waals surface area contributed by atoms with Crippen molar-refractivity contribution in [2.45, 2.75) is 13.8 Å². The Morgan fingerprint density at radius 3 is 1.90 bits per heavy atom. The lowest BCUT2D eigenvalue weighted by Crippen LogP contribution is -2.20. The molecule has 0 unspecified atom stereocenters. The summed E-state index contributed by atoms with van der Waals surface area (Å²) in [5, 5.41) is 6.06. The van der Waals surface area contributed by atoms with E-state index in [1.54, 1.807) is 0 Å². The van der Waals surface area contributed by atoms with E-state index in [1.165, 1.54) is 0 Å². The molecule has 3 aromatic carbocycles. The number of rotatable bonds is 1. The molecule has 0 atom stereocenters. The highest BCUT2D eigenvalue weighted by atomic mass is 16.2. The number of para-hydroxylation sites is 2. The number of hydrogen-bond acceptors (Lipinski definition) is 3. The Morgan fingerprint density at radius 2 is 1.30 bits per heavy atom. The minimum Gasteiger partial charge on any atom is -0.342 e. The molecular formula is C24H24N4O2. The summed E-state index contributed by atoms with van der Waals surface area (Å²) < 4.78 is 4.11. The van der Waals surface area contributed by atoms with Gasteiger partial charge in [0.1, 0.15) is 0 Å². The maximum atomic E-state index is 12.8. The quantitative estimate of drug-likeness (QED) is 0.398. The lowest BCUT2D eigenvalue weighted by atomic mass is 9.97. The van der Waals surface area contributed by atoms with Crippen molar-refractivity contribution >= 4 is 55.4 Å². The molecule has 2 N–H and O–H groups in total.